The summed E-state index contributed by atoms with van der Waals surface area (Å²) in [5.74, 6) is 0. The number of hydrogen-bond donors (Lipinski definition) is 0. The van der Waals surface area contributed by atoms with Crippen LogP contribution in [0.5, 0.6) is 0 Å². The number of anilines is 1. The van der Waals surface area contributed by atoms with Crippen LogP contribution in [-0.4, -0.2) is 32.6 Å². The molecule has 1 aliphatic rings. The van der Waals surface area contributed by atoms with Crippen LogP contribution in [0.4, 0.5) is 5.69 Å². The molecule has 4 heteroatoms. The van der Waals surface area contributed by atoms with E-state index >= 15 is 0 Å². The topological polar surface area (TPSA) is 29.5 Å². The molecule has 0 saturated carbocycles. The molecular weight excluding hydrogens is 238 g/mol. The maximum absolute atomic E-state index is 11.0. The van der Waals surface area contributed by atoms with Crippen LogP contribution < -0.4 is 4.90 Å². The van der Waals surface area contributed by atoms with Gasteiger partial charge in [0.05, 0.1) is 6.10 Å². The summed E-state index contributed by atoms with van der Waals surface area (Å²) >= 11 is 5.99. The summed E-state index contributed by atoms with van der Waals surface area (Å²) in [5, 5.41) is 0.658. The molecule has 0 amide bonds. The highest BCUT2D eigenvalue weighted by atomic mass is 35.5. The number of halogens is 1. The summed E-state index contributed by atoms with van der Waals surface area (Å²) < 4.78 is 5.38. The first kappa shape index (κ1) is 12.4. The summed E-state index contributed by atoms with van der Waals surface area (Å²) in [5.41, 5.74) is 1.60. The Hall–Kier alpha value is -1.06. The SMILES string of the molecule is COC1CCCN(c2cc(Cl)ccc2C=O)C1. The van der Waals surface area contributed by atoms with Crippen molar-refractivity contribution < 1.29 is 9.53 Å². The Morgan fingerprint density at radius 3 is 3.06 bits per heavy atom. The number of aldehydes is 1. The lowest BCUT2D eigenvalue weighted by molar-refractivity contribution is 0.0892. The number of carbonyl (C=O) groups is 1. The Balaban J connectivity index is 2.25. The summed E-state index contributed by atoms with van der Waals surface area (Å²) in [6.07, 6.45) is 3.26. The molecule has 3 nitrogen and oxygen atoms in total. The first-order chi connectivity index (χ1) is 8.24. The van der Waals surface area contributed by atoms with Gasteiger partial charge in [0.2, 0.25) is 0 Å². The third-order valence-corrected chi connectivity index (χ3v) is 3.41. The standard InChI is InChI=1S/C13H16ClNO2/c1-17-12-3-2-6-15(8-12)13-7-11(14)5-4-10(13)9-16/h4-5,7,9,12H,2-3,6,8H2,1H3. The van der Waals surface area contributed by atoms with Gasteiger partial charge in [0.15, 0.2) is 6.29 Å². The van der Waals surface area contributed by atoms with Crippen molar-refractivity contribution in [2.75, 3.05) is 25.1 Å². The number of piperidine rings is 1. The molecule has 0 radical (unpaired) electrons. The fraction of sp³-hybridized carbons (Fsp3) is 0.462. The van der Waals surface area contributed by atoms with Gasteiger partial charge in [-0.1, -0.05) is 11.6 Å². The minimum atomic E-state index is 0.238. The first-order valence-electron chi connectivity index (χ1n) is 5.77. The van der Waals surface area contributed by atoms with E-state index in [4.69, 9.17) is 16.3 Å². The average Bonchev–Trinajstić information content (AvgIpc) is 2.39. The molecule has 92 valence electrons. The van der Waals surface area contributed by atoms with E-state index in [1.54, 1.807) is 19.2 Å². The molecule has 0 bridgehead atoms. The Morgan fingerprint density at radius 1 is 1.53 bits per heavy atom. The van der Waals surface area contributed by atoms with Gasteiger partial charge in [-0.3, -0.25) is 4.79 Å². The van der Waals surface area contributed by atoms with Crippen LogP contribution in [0.1, 0.15) is 23.2 Å². The second-order valence-corrected chi connectivity index (χ2v) is 4.70. The minimum absolute atomic E-state index is 0.238. The van der Waals surface area contributed by atoms with E-state index in [1.165, 1.54) is 0 Å². The molecule has 17 heavy (non-hydrogen) atoms. The molecule has 1 atom stereocenters. The molecule has 0 aliphatic carbocycles. The fourth-order valence-electron chi connectivity index (χ4n) is 2.24. The monoisotopic (exact) mass is 253 g/mol. The van der Waals surface area contributed by atoms with Crippen molar-refractivity contribution in [3.05, 3.63) is 28.8 Å². The second-order valence-electron chi connectivity index (χ2n) is 4.27. The normalized spacial score (nSPS) is 20.4. The third kappa shape index (κ3) is 2.79. The van der Waals surface area contributed by atoms with E-state index in [-0.39, 0.29) is 6.10 Å². The smallest absolute Gasteiger partial charge is 0.152 e. The van der Waals surface area contributed by atoms with Crippen molar-refractivity contribution in [2.24, 2.45) is 0 Å². The Bertz CT molecular complexity index is 408. The summed E-state index contributed by atoms with van der Waals surface area (Å²) in [7, 11) is 1.73. The van der Waals surface area contributed by atoms with Crippen molar-refractivity contribution in [3.8, 4) is 0 Å². The van der Waals surface area contributed by atoms with Crippen LogP contribution >= 0.6 is 11.6 Å². The van der Waals surface area contributed by atoms with Crippen molar-refractivity contribution in [1.29, 1.82) is 0 Å². The van der Waals surface area contributed by atoms with Gasteiger partial charge in [-0.25, -0.2) is 0 Å². The van der Waals surface area contributed by atoms with Crippen molar-refractivity contribution in [1.82, 2.24) is 0 Å². The van der Waals surface area contributed by atoms with Crippen LogP contribution in [0.25, 0.3) is 0 Å². The number of carbonyl (C=O) groups excluding carboxylic acids is 1. The summed E-state index contributed by atoms with van der Waals surface area (Å²) in [4.78, 5) is 13.2. The maximum atomic E-state index is 11.0. The lowest BCUT2D eigenvalue weighted by atomic mass is 10.1. The number of benzene rings is 1. The zero-order valence-corrected chi connectivity index (χ0v) is 10.6. The van der Waals surface area contributed by atoms with E-state index in [1.807, 2.05) is 6.07 Å². The van der Waals surface area contributed by atoms with Gasteiger partial charge >= 0.3 is 0 Å². The maximum Gasteiger partial charge on any atom is 0.152 e. The highest BCUT2D eigenvalue weighted by molar-refractivity contribution is 6.31. The third-order valence-electron chi connectivity index (χ3n) is 3.17. The Morgan fingerprint density at radius 2 is 2.35 bits per heavy atom. The molecule has 0 N–H and O–H groups in total. The summed E-state index contributed by atoms with van der Waals surface area (Å²) in [6, 6.07) is 5.36. The molecule has 1 saturated heterocycles. The zero-order chi connectivity index (χ0) is 12.3. The predicted molar refractivity (Wildman–Crippen MR) is 69.1 cm³/mol. The highest BCUT2D eigenvalue weighted by Gasteiger charge is 2.21. The quantitative estimate of drug-likeness (QED) is 0.776. The molecular formula is C13H16ClNO2. The van der Waals surface area contributed by atoms with E-state index in [2.05, 4.69) is 4.90 Å². The van der Waals surface area contributed by atoms with Gasteiger partial charge in [0.1, 0.15) is 0 Å². The van der Waals surface area contributed by atoms with Crippen molar-refractivity contribution in [2.45, 2.75) is 18.9 Å². The fourth-order valence-corrected chi connectivity index (χ4v) is 2.41. The molecule has 0 aromatic heterocycles. The number of ether oxygens (including phenoxy) is 1. The number of hydrogen-bond acceptors (Lipinski definition) is 3. The highest BCUT2D eigenvalue weighted by Crippen LogP contribution is 2.27. The van der Waals surface area contributed by atoms with Crippen LogP contribution in [-0.2, 0) is 4.74 Å². The lowest BCUT2D eigenvalue weighted by Gasteiger charge is -2.34. The summed E-state index contributed by atoms with van der Waals surface area (Å²) in [6.45, 7) is 1.76. The predicted octanol–water partition coefficient (Wildman–Crippen LogP) is 2.77. The zero-order valence-electron chi connectivity index (χ0n) is 9.86. The van der Waals surface area contributed by atoms with Gasteiger partial charge in [0.25, 0.3) is 0 Å². The number of nitrogens with zero attached hydrogens (tertiary/aromatic N) is 1. The molecule has 2 rings (SSSR count). The van der Waals surface area contributed by atoms with E-state index < -0.39 is 0 Å². The number of methoxy groups -OCH3 is 1. The van der Waals surface area contributed by atoms with Gasteiger partial charge in [-0.2, -0.15) is 0 Å². The Labute approximate surface area is 106 Å². The van der Waals surface area contributed by atoms with Crippen LogP contribution in [0.2, 0.25) is 5.02 Å². The van der Waals surface area contributed by atoms with Crippen LogP contribution in [0.3, 0.4) is 0 Å². The van der Waals surface area contributed by atoms with Crippen molar-refractivity contribution >= 4 is 23.6 Å². The van der Waals surface area contributed by atoms with Gasteiger partial charge in [-0.15, -0.1) is 0 Å². The van der Waals surface area contributed by atoms with Gasteiger partial charge in [0, 0.05) is 36.5 Å². The van der Waals surface area contributed by atoms with Gasteiger partial charge in [-0.05, 0) is 31.0 Å². The number of rotatable bonds is 3. The van der Waals surface area contributed by atoms with Crippen LogP contribution in [0, 0.1) is 0 Å². The van der Waals surface area contributed by atoms with E-state index in [9.17, 15) is 4.79 Å². The van der Waals surface area contributed by atoms with Crippen LogP contribution in [0.15, 0.2) is 18.2 Å². The minimum Gasteiger partial charge on any atom is -0.380 e. The largest absolute Gasteiger partial charge is 0.380 e. The second kappa shape index (κ2) is 5.52. The van der Waals surface area contributed by atoms with Gasteiger partial charge < -0.3 is 9.64 Å². The molecule has 1 heterocycles. The molecule has 1 aromatic rings. The first-order valence-corrected chi connectivity index (χ1v) is 6.15. The lowest BCUT2D eigenvalue weighted by Crippen LogP contribution is -2.39. The van der Waals surface area contributed by atoms with Crippen molar-refractivity contribution in [3.63, 3.8) is 0 Å². The molecule has 1 aromatic carbocycles. The molecule has 0 spiro atoms. The molecule has 1 fully saturated rings. The molecule has 1 aliphatic heterocycles. The van der Waals surface area contributed by atoms with E-state index in [0.29, 0.717) is 10.6 Å². The van der Waals surface area contributed by atoms with E-state index in [0.717, 1.165) is 37.9 Å². The molecule has 1 unspecified atom stereocenters. The average molecular weight is 254 g/mol. The Kier molecular flexibility index (Phi) is 4.02.